The van der Waals surface area contributed by atoms with Crippen LogP contribution in [0.3, 0.4) is 0 Å². The number of urea groups is 1. The maximum absolute atomic E-state index is 11.8. The van der Waals surface area contributed by atoms with E-state index in [2.05, 4.69) is 15.6 Å². The number of benzene rings is 1. The topological polar surface area (TPSA) is 63.2 Å². The number of carbonyl (C=O) groups excluding carboxylic acids is 1. The Labute approximate surface area is 134 Å². The second-order valence-electron chi connectivity index (χ2n) is 5.22. The number of nitrogens with zero attached hydrogens (tertiary/aromatic N) is 1. The first-order chi connectivity index (χ1) is 10.5. The normalized spacial score (nSPS) is 11.8. The fourth-order valence-corrected chi connectivity index (χ4v) is 2.54. The first-order valence-electron chi connectivity index (χ1n) is 7.18. The van der Waals surface area contributed by atoms with Crippen LogP contribution in [0.25, 0.3) is 0 Å². The Morgan fingerprint density at radius 3 is 2.68 bits per heavy atom. The molecule has 2 amide bonds. The summed E-state index contributed by atoms with van der Waals surface area (Å²) in [6, 6.07) is 7.54. The maximum atomic E-state index is 11.8. The highest BCUT2D eigenvalue weighted by Gasteiger charge is 2.08. The van der Waals surface area contributed by atoms with E-state index < -0.39 is 0 Å². The second-order valence-corrected chi connectivity index (χ2v) is 6.54. The number of thiazole rings is 1. The highest BCUT2D eigenvalue weighted by atomic mass is 32.1. The Morgan fingerprint density at radius 1 is 1.32 bits per heavy atom. The Balaban J connectivity index is 1.68. The maximum Gasteiger partial charge on any atom is 0.315 e. The number of ether oxygens (including phenoxy) is 1. The molecule has 5 nitrogen and oxygen atoms in total. The van der Waals surface area contributed by atoms with Crippen LogP contribution < -0.4 is 15.4 Å². The lowest BCUT2D eigenvalue weighted by molar-refractivity contribution is 0.226. The molecule has 1 atom stereocenters. The lowest BCUT2D eigenvalue weighted by Crippen LogP contribution is -2.42. The number of nitrogens with one attached hydrogen (secondary N) is 2. The number of amides is 2. The van der Waals surface area contributed by atoms with Gasteiger partial charge in [0.1, 0.15) is 17.4 Å². The van der Waals surface area contributed by atoms with Crippen LogP contribution in [0.15, 0.2) is 30.5 Å². The largest absolute Gasteiger partial charge is 0.491 e. The van der Waals surface area contributed by atoms with Gasteiger partial charge in [0.05, 0.1) is 12.6 Å². The molecule has 22 heavy (non-hydrogen) atoms. The minimum absolute atomic E-state index is 0.0839. The van der Waals surface area contributed by atoms with Gasteiger partial charge in [0.25, 0.3) is 0 Å². The molecule has 0 saturated carbocycles. The third kappa shape index (κ3) is 5.37. The van der Waals surface area contributed by atoms with Crippen molar-refractivity contribution in [3.05, 3.63) is 45.9 Å². The smallest absolute Gasteiger partial charge is 0.315 e. The van der Waals surface area contributed by atoms with Gasteiger partial charge in [0.2, 0.25) is 0 Å². The zero-order valence-corrected chi connectivity index (χ0v) is 13.9. The highest BCUT2D eigenvalue weighted by molar-refractivity contribution is 7.11. The molecule has 2 rings (SSSR count). The van der Waals surface area contributed by atoms with Gasteiger partial charge in [-0.1, -0.05) is 17.7 Å². The quantitative estimate of drug-likeness (QED) is 0.860. The van der Waals surface area contributed by atoms with E-state index in [-0.39, 0.29) is 12.1 Å². The van der Waals surface area contributed by atoms with Crippen LogP contribution in [-0.4, -0.2) is 23.7 Å². The van der Waals surface area contributed by atoms with E-state index in [1.807, 2.05) is 45.0 Å². The molecule has 0 aliphatic heterocycles. The van der Waals surface area contributed by atoms with Gasteiger partial charge in [-0.25, -0.2) is 9.78 Å². The number of hydrogen-bond donors (Lipinski definition) is 2. The van der Waals surface area contributed by atoms with Crippen LogP contribution in [0.4, 0.5) is 4.79 Å². The molecule has 0 bridgehead atoms. The number of rotatable bonds is 6. The van der Waals surface area contributed by atoms with Gasteiger partial charge in [0, 0.05) is 11.1 Å². The zero-order valence-electron chi connectivity index (χ0n) is 13.1. The van der Waals surface area contributed by atoms with Gasteiger partial charge in [-0.15, -0.1) is 11.3 Å². The van der Waals surface area contributed by atoms with Crippen molar-refractivity contribution in [1.29, 1.82) is 0 Å². The molecule has 0 fully saturated rings. The number of aryl methyl sites for hydroxylation is 2. The van der Waals surface area contributed by atoms with Crippen LogP contribution in [0.2, 0.25) is 0 Å². The van der Waals surface area contributed by atoms with Crippen LogP contribution in [0.5, 0.6) is 5.75 Å². The van der Waals surface area contributed by atoms with E-state index in [0.717, 1.165) is 15.6 Å². The molecule has 0 aliphatic rings. The average molecular weight is 319 g/mol. The molecule has 0 aliphatic carbocycles. The minimum atomic E-state index is -0.215. The number of hydrogen-bond acceptors (Lipinski definition) is 4. The van der Waals surface area contributed by atoms with Crippen molar-refractivity contribution in [2.24, 2.45) is 0 Å². The van der Waals surface area contributed by atoms with E-state index >= 15 is 0 Å². The first kappa shape index (κ1) is 16.3. The highest BCUT2D eigenvalue weighted by Crippen LogP contribution is 2.12. The minimum Gasteiger partial charge on any atom is -0.491 e. The van der Waals surface area contributed by atoms with E-state index in [4.69, 9.17) is 4.74 Å². The van der Waals surface area contributed by atoms with Crippen molar-refractivity contribution in [2.45, 2.75) is 33.4 Å². The third-order valence-corrected chi connectivity index (χ3v) is 3.88. The molecule has 0 saturated heterocycles. The van der Waals surface area contributed by atoms with Crippen molar-refractivity contribution in [3.8, 4) is 5.75 Å². The molecule has 1 aromatic heterocycles. The van der Waals surface area contributed by atoms with Crippen molar-refractivity contribution in [1.82, 2.24) is 15.6 Å². The Bertz CT molecular complexity index is 610. The summed E-state index contributed by atoms with van der Waals surface area (Å²) in [5, 5.41) is 6.53. The lowest BCUT2D eigenvalue weighted by Gasteiger charge is -2.15. The third-order valence-electron chi connectivity index (χ3n) is 2.97. The van der Waals surface area contributed by atoms with Crippen molar-refractivity contribution in [2.75, 3.05) is 6.61 Å². The molecule has 0 spiro atoms. The molecular formula is C16H21N3O2S. The summed E-state index contributed by atoms with van der Waals surface area (Å²) in [5.74, 6) is 0.804. The summed E-state index contributed by atoms with van der Waals surface area (Å²) in [4.78, 5) is 17.1. The SMILES string of the molecule is Cc1ccc(OCC(C)NC(=O)NCc2ncc(C)s2)cc1. The monoisotopic (exact) mass is 319 g/mol. The van der Waals surface area contributed by atoms with Crippen molar-refractivity contribution >= 4 is 17.4 Å². The summed E-state index contributed by atoms with van der Waals surface area (Å²) < 4.78 is 5.64. The zero-order chi connectivity index (χ0) is 15.9. The Kier molecular flexibility index (Phi) is 5.77. The second kappa shape index (κ2) is 7.79. The van der Waals surface area contributed by atoms with Gasteiger partial charge in [-0.05, 0) is 32.9 Å². The number of aromatic nitrogens is 1. The summed E-state index contributed by atoms with van der Waals surface area (Å²) in [6.07, 6.45) is 1.80. The van der Waals surface area contributed by atoms with Crippen LogP contribution in [0, 0.1) is 13.8 Å². The van der Waals surface area contributed by atoms with Crippen LogP contribution >= 0.6 is 11.3 Å². The molecule has 1 unspecified atom stereocenters. The van der Waals surface area contributed by atoms with Crippen molar-refractivity contribution in [3.63, 3.8) is 0 Å². The molecule has 2 N–H and O–H groups in total. The van der Waals surface area contributed by atoms with E-state index in [0.29, 0.717) is 13.2 Å². The first-order valence-corrected chi connectivity index (χ1v) is 7.99. The summed E-state index contributed by atoms with van der Waals surface area (Å²) in [7, 11) is 0. The van der Waals surface area contributed by atoms with Crippen LogP contribution in [-0.2, 0) is 6.54 Å². The number of carbonyl (C=O) groups is 1. The van der Waals surface area contributed by atoms with Crippen LogP contribution in [0.1, 0.15) is 22.4 Å². The van der Waals surface area contributed by atoms with Crippen molar-refractivity contribution < 1.29 is 9.53 Å². The average Bonchev–Trinajstić information content (AvgIpc) is 2.90. The van der Waals surface area contributed by atoms with Gasteiger partial charge < -0.3 is 15.4 Å². The fraction of sp³-hybridized carbons (Fsp3) is 0.375. The van der Waals surface area contributed by atoms with E-state index in [9.17, 15) is 4.79 Å². The van der Waals surface area contributed by atoms with E-state index in [1.54, 1.807) is 17.5 Å². The van der Waals surface area contributed by atoms with Gasteiger partial charge in [-0.3, -0.25) is 0 Å². The fourth-order valence-electron chi connectivity index (χ4n) is 1.81. The molecule has 6 heteroatoms. The predicted molar refractivity (Wildman–Crippen MR) is 88.4 cm³/mol. The van der Waals surface area contributed by atoms with Gasteiger partial charge in [0.15, 0.2) is 0 Å². The van der Waals surface area contributed by atoms with E-state index in [1.165, 1.54) is 5.56 Å². The molecule has 1 aromatic carbocycles. The standard InChI is InChI=1S/C16H21N3O2S/c1-11-4-6-14(7-5-11)21-10-12(2)19-16(20)18-9-15-17-8-13(3)22-15/h4-8,12H,9-10H2,1-3H3,(H2,18,19,20). The summed E-state index contributed by atoms with van der Waals surface area (Å²) >= 11 is 1.58. The van der Waals surface area contributed by atoms with Gasteiger partial charge >= 0.3 is 6.03 Å². The molecular weight excluding hydrogens is 298 g/mol. The van der Waals surface area contributed by atoms with Gasteiger partial charge in [-0.2, -0.15) is 0 Å². The molecule has 118 valence electrons. The summed E-state index contributed by atoms with van der Waals surface area (Å²) in [6.45, 7) is 6.79. The molecule has 0 radical (unpaired) electrons. The molecule has 2 aromatic rings. The Morgan fingerprint density at radius 2 is 2.05 bits per heavy atom. The Hall–Kier alpha value is -2.08. The lowest BCUT2D eigenvalue weighted by atomic mass is 10.2. The molecule has 1 heterocycles. The predicted octanol–water partition coefficient (Wildman–Crippen LogP) is 3.03. The summed E-state index contributed by atoms with van der Waals surface area (Å²) in [5.41, 5.74) is 1.19.